The van der Waals surface area contributed by atoms with Gasteiger partial charge in [0.15, 0.2) is 0 Å². The predicted molar refractivity (Wildman–Crippen MR) is 60.9 cm³/mol. The van der Waals surface area contributed by atoms with Crippen LogP contribution in [0, 0.1) is 11.6 Å². The van der Waals surface area contributed by atoms with Gasteiger partial charge >= 0.3 is 0 Å². The first kappa shape index (κ1) is 13.1. The molecule has 0 saturated heterocycles. The van der Waals surface area contributed by atoms with Crippen molar-refractivity contribution in [1.82, 2.24) is 5.32 Å². The highest BCUT2D eigenvalue weighted by molar-refractivity contribution is 5.18. The second kappa shape index (κ2) is 5.37. The van der Waals surface area contributed by atoms with Crippen molar-refractivity contribution in [2.45, 2.75) is 32.4 Å². The van der Waals surface area contributed by atoms with E-state index in [1.54, 1.807) is 0 Å². The topological polar surface area (TPSA) is 38.0 Å². The summed E-state index contributed by atoms with van der Waals surface area (Å²) < 4.78 is 26.0. The van der Waals surface area contributed by atoms with Gasteiger partial charge in [-0.25, -0.2) is 8.78 Å². The molecule has 1 aromatic rings. The summed E-state index contributed by atoms with van der Waals surface area (Å²) >= 11 is 0. The molecular formula is C12H18F2N2. The minimum Gasteiger partial charge on any atom is -0.326 e. The fraction of sp³-hybridized carbons (Fsp3) is 0.500. The van der Waals surface area contributed by atoms with Crippen molar-refractivity contribution in [1.29, 1.82) is 0 Å². The molecule has 0 aliphatic heterocycles. The first-order valence-corrected chi connectivity index (χ1v) is 5.32. The Hall–Kier alpha value is -1.00. The number of rotatable bonds is 5. The molecule has 0 atom stereocenters. The van der Waals surface area contributed by atoms with Crippen molar-refractivity contribution in [2.75, 3.05) is 6.54 Å². The normalized spacial score (nSPS) is 11.8. The van der Waals surface area contributed by atoms with E-state index in [1.807, 2.05) is 13.8 Å². The zero-order chi connectivity index (χ0) is 12.2. The molecule has 16 heavy (non-hydrogen) atoms. The van der Waals surface area contributed by atoms with E-state index in [-0.39, 0.29) is 11.4 Å². The van der Waals surface area contributed by atoms with Gasteiger partial charge in [-0.2, -0.15) is 0 Å². The van der Waals surface area contributed by atoms with E-state index in [2.05, 4.69) is 5.32 Å². The van der Waals surface area contributed by atoms with Crippen molar-refractivity contribution in [3.63, 3.8) is 0 Å². The molecule has 1 aromatic carbocycles. The summed E-state index contributed by atoms with van der Waals surface area (Å²) in [7, 11) is 0. The third kappa shape index (κ3) is 4.68. The maximum atomic E-state index is 13.2. The molecule has 4 heteroatoms. The van der Waals surface area contributed by atoms with Crippen LogP contribution >= 0.6 is 0 Å². The maximum absolute atomic E-state index is 13.2. The van der Waals surface area contributed by atoms with Gasteiger partial charge in [-0.3, -0.25) is 0 Å². The van der Waals surface area contributed by atoms with E-state index in [0.717, 1.165) is 18.6 Å². The molecule has 0 amide bonds. The van der Waals surface area contributed by atoms with Crippen LogP contribution < -0.4 is 11.1 Å². The van der Waals surface area contributed by atoms with Gasteiger partial charge in [-0.05, 0) is 45.0 Å². The number of hydrogen-bond acceptors (Lipinski definition) is 2. The monoisotopic (exact) mass is 228 g/mol. The molecule has 0 aliphatic rings. The van der Waals surface area contributed by atoms with Gasteiger partial charge in [0.1, 0.15) is 11.6 Å². The van der Waals surface area contributed by atoms with Crippen molar-refractivity contribution in [3.05, 3.63) is 35.4 Å². The molecule has 0 fully saturated rings. The molecule has 0 unspecified atom stereocenters. The summed E-state index contributed by atoms with van der Waals surface area (Å²) in [6.07, 6.45) is 0.782. The van der Waals surface area contributed by atoms with E-state index in [4.69, 9.17) is 5.73 Å². The van der Waals surface area contributed by atoms with Crippen LogP contribution in [0.4, 0.5) is 8.78 Å². The molecule has 2 nitrogen and oxygen atoms in total. The molecule has 0 saturated carbocycles. The number of nitrogens with two attached hydrogens (primary N) is 1. The quantitative estimate of drug-likeness (QED) is 0.758. The van der Waals surface area contributed by atoms with Gasteiger partial charge in [0.25, 0.3) is 0 Å². The largest absolute Gasteiger partial charge is 0.326 e. The molecule has 90 valence electrons. The molecule has 0 radical (unpaired) electrons. The Labute approximate surface area is 94.8 Å². The van der Waals surface area contributed by atoms with Gasteiger partial charge in [-0.15, -0.1) is 0 Å². The number of nitrogens with one attached hydrogen (secondary N) is 1. The summed E-state index contributed by atoms with van der Waals surface area (Å²) in [5, 5.41) is 3.04. The highest BCUT2D eigenvalue weighted by atomic mass is 19.1. The highest BCUT2D eigenvalue weighted by Gasteiger charge is 2.09. The van der Waals surface area contributed by atoms with Gasteiger partial charge < -0.3 is 11.1 Å². The third-order valence-corrected chi connectivity index (χ3v) is 2.27. The fourth-order valence-corrected chi connectivity index (χ4v) is 1.31. The molecule has 0 aromatic heterocycles. The molecule has 0 spiro atoms. The van der Waals surface area contributed by atoms with Gasteiger partial charge in [0.2, 0.25) is 0 Å². The van der Waals surface area contributed by atoms with Crippen molar-refractivity contribution < 1.29 is 8.78 Å². The zero-order valence-corrected chi connectivity index (χ0v) is 9.69. The lowest BCUT2D eigenvalue weighted by Gasteiger charge is -2.18. The Balaban J connectivity index is 2.40. The molecule has 1 rings (SSSR count). The molecule has 3 N–H and O–H groups in total. The van der Waals surface area contributed by atoms with Crippen LogP contribution in [0.2, 0.25) is 0 Å². The van der Waals surface area contributed by atoms with E-state index < -0.39 is 5.82 Å². The lowest BCUT2D eigenvalue weighted by Crippen LogP contribution is -2.35. The lowest BCUT2D eigenvalue weighted by atomic mass is 10.0. The maximum Gasteiger partial charge on any atom is 0.127 e. The summed E-state index contributed by atoms with van der Waals surface area (Å²) in [5.74, 6) is -0.807. The summed E-state index contributed by atoms with van der Waals surface area (Å²) in [5.41, 5.74) is 5.89. The Kier molecular flexibility index (Phi) is 4.38. The number of hydrogen-bond donors (Lipinski definition) is 2. The van der Waals surface area contributed by atoms with Crippen LogP contribution in [0.1, 0.15) is 25.8 Å². The van der Waals surface area contributed by atoms with Crippen molar-refractivity contribution in [2.24, 2.45) is 5.73 Å². The second-order valence-electron chi connectivity index (χ2n) is 4.65. The smallest absolute Gasteiger partial charge is 0.127 e. The molecule has 0 bridgehead atoms. The third-order valence-electron chi connectivity index (χ3n) is 2.27. The summed E-state index contributed by atoms with van der Waals surface area (Å²) in [4.78, 5) is 0. The van der Waals surface area contributed by atoms with Gasteiger partial charge in [0.05, 0.1) is 0 Å². The van der Waals surface area contributed by atoms with Crippen LogP contribution in [0.3, 0.4) is 0 Å². The van der Waals surface area contributed by atoms with E-state index in [1.165, 1.54) is 6.07 Å². The molecular weight excluding hydrogens is 210 g/mol. The number of benzene rings is 1. The summed E-state index contributed by atoms with van der Waals surface area (Å²) in [6, 6.07) is 3.46. The average Bonchev–Trinajstić information content (AvgIpc) is 2.16. The van der Waals surface area contributed by atoms with Crippen molar-refractivity contribution in [3.8, 4) is 0 Å². The Morgan fingerprint density at radius 3 is 2.62 bits per heavy atom. The van der Waals surface area contributed by atoms with Crippen LogP contribution in [0.25, 0.3) is 0 Å². The first-order chi connectivity index (χ1) is 7.38. The second-order valence-corrected chi connectivity index (χ2v) is 4.65. The predicted octanol–water partition coefficient (Wildman–Crippen LogP) is 2.18. The van der Waals surface area contributed by atoms with E-state index >= 15 is 0 Å². The van der Waals surface area contributed by atoms with Crippen LogP contribution in [0.15, 0.2) is 18.2 Å². The number of halogens is 2. The van der Waals surface area contributed by atoms with E-state index in [9.17, 15) is 8.78 Å². The van der Waals surface area contributed by atoms with Gasteiger partial charge in [-0.1, -0.05) is 0 Å². The highest BCUT2D eigenvalue weighted by Crippen LogP contribution is 2.09. The lowest BCUT2D eigenvalue weighted by molar-refractivity contribution is 0.452. The van der Waals surface area contributed by atoms with Crippen LogP contribution in [-0.4, -0.2) is 12.1 Å². The van der Waals surface area contributed by atoms with E-state index in [0.29, 0.717) is 18.7 Å². The molecule has 0 aliphatic carbocycles. The standard InChI is InChI=1S/C12H18F2N2/c1-12(2,15)5-6-16-8-9-7-10(13)3-4-11(9)14/h3-4,7,16H,5-6,8,15H2,1-2H3. The first-order valence-electron chi connectivity index (χ1n) is 5.32. The van der Waals surface area contributed by atoms with Crippen molar-refractivity contribution >= 4 is 0 Å². The fourth-order valence-electron chi connectivity index (χ4n) is 1.31. The Morgan fingerprint density at radius 2 is 2.00 bits per heavy atom. The molecule has 0 heterocycles. The Bertz CT molecular complexity index is 345. The Morgan fingerprint density at radius 1 is 1.31 bits per heavy atom. The average molecular weight is 228 g/mol. The summed E-state index contributed by atoms with van der Waals surface area (Å²) in [6.45, 7) is 4.86. The van der Waals surface area contributed by atoms with Crippen LogP contribution in [0.5, 0.6) is 0 Å². The van der Waals surface area contributed by atoms with Crippen LogP contribution in [-0.2, 0) is 6.54 Å². The minimum absolute atomic E-state index is 0.243. The SMILES string of the molecule is CC(C)(N)CCNCc1cc(F)ccc1F. The zero-order valence-electron chi connectivity index (χ0n) is 9.69. The minimum atomic E-state index is -0.419. The van der Waals surface area contributed by atoms with Gasteiger partial charge in [0, 0.05) is 17.6 Å².